The number of aryl methyl sites for hydroxylation is 1. The number of hydrogen-bond acceptors (Lipinski definition) is 3. The summed E-state index contributed by atoms with van der Waals surface area (Å²) in [5.41, 5.74) is 0.555. The van der Waals surface area contributed by atoms with Gasteiger partial charge >= 0.3 is 0 Å². The van der Waals surface area contributed by atoms with E-state index in [1.807, 2.05) is 19.2 Å². The van der Waals surface area contributed by atoms with Crippen molar-refractivity contribution >= 4 is 11.0 Å². The first kappa shape index (κ1) is 9.54. The molecule has 0 aliphatic rings. The number of hydrogen-bond donors (Lipinski definition) is 1. The quantitative estimate of drug-likeness (QED) is 0.673. The van der Waals surface area contributed by atoms with Gasteiger partial charge < -0.3 is 10.6 Å². The summed E-state index contributed by atoms with van der Waals surface area (Å²) >= 11 is 0. The normalized spacial score (nSPS) is 9.92. The lowest BCUT2D eigenvalue weighted by Crippen LogP contribution is -2.27. The zero-order valence-corrected chi connectivity index (χ0v) is 7.27. The average Bonchev–Trinajstić information content (AvgIpc) is 2.49. The van der Waals surface area contributed by atoms with Crippen LogP contribution in [0.4, 0.5) is 0 Å². The predicted molar refractivity (Wildman–Crippen MR) is 45.7 cm³/mol. The van der Waals surface area contributed by atoms with Gasteiger partial charge in [-0.3, -0.25) is 0 Å². The van der Waals surface area contributed by atoms with Crippen molar-refractivity contribution in [1.82, 2.24) is 0 Å². The molecule has 4 nitrogen and oxygen atoms in total. The number of aromatic nitrogens is 1. The van der Waals surface area contributed by atoms with Gasteiger partial charge in [-0.05, 0) is 23.8 Å². The minimum atomic E-state index is 0. The fourth-order valence-electron chi connectivity index (χ4n) is 1.20. The van der Waals surface area contributed by atoms with Crippen LogP contribution in [0.15, 0.2) is 28.9 Å². The van der Waals surface area contributed by atoms with E-state index in [1.54, 1.807) is 16.9 Å². The molecule has 0 radical (unpaired) electrons. The van der Waals surface area contributed by atoms with Crippen molar-refractivity contribution in [3.8, 4) is 5.75 Å². The molecule has 4 heteroatoms. The highest BCUT2D eigenvalue weighted by molar-refractivity contribution is 5.80. The minimum Gasteiger partial charge on any atom is -0.870 e. The van der Waals surface area contributed by atoms with Gasteiger partial charge in [-0.2, -0.15) is 0 Å². The molecular formula is C9H11NO3. The molecule has 13 heavy (non-hydrogen) atoms. The monoisotopic (exact) mass is 181 g/mol. The van der Waals surface area contributed by atoms with Gasteiger partial charge in [-0.25, -0.2) is 4.52 Å². The van der Waals surface area contributed by atoms with Crippen LogP contribution in [0.2, 0.25) is 0 Å². The largest absolute Gasteiger partial charge is 0.870 e. The van der Waals surface area contributed by atoms with E-state index < -0.39 is 0 Å². The van der Waals surface area contributed by atoms with E-state index in [2.05, 4.69) is 0 Å². The van der Waals surface area contributed by atoms with Crippen LogP contribution < -0.4 is 4.74 Å². The van der Waals surface area contributed by atoms with Crippen molar-refractivity contribution < 1.29 is 19.8 Å². The van der Waals surface area contributed by atoms with Gasteiger partial charge in [0, 0.05) is 0 Å². The SMILES string of the molecule is CC[n+]1cc2cccc(O)c2o1.[OH-]. The number of benzene rings is 1. The Morgan fingerprint density at radius 3 is 2.85 bits per heavy atom. The molecule has 2 rings (SSSR count). The van der Waals surface area contributed by atoms with Gasteiger partial charge in [0.2, 0.25) is 6.20 Å². The maximum Gasteiger partial charge on any atom is 0.258 e. The first-order valence-corrected chi connectivity index (χ1v) is 3.92. The predicted octanol–water partition coefficient (Wildman–Crippen LogP) is 1.27. The number of rotatable bonds is 1. The van der Waals surface area contributed by atoms with Gasteiger partial charge in [-0.15, -0.1) is 0 Å². The molecule has 0 aliphatic carbocycles. The van der Waals surface area contributed by atoms with E-state index in [0.717, 1.165) is 11.9 Å². The second kappa shape index (κ2) is 3.45. The number of phenolic OH excluding ortho intramolecular Hbond substituents is 1. The van der Waals surface area contributed by atoms with Crippen LogP contribution in [0, 0.1) is 0 Å². The van der Waals surface area contributed by atoms with Crippen LogP contribution in [-0.4, -0.2) is 10.6 Å². The molecule has 1 heterocycles. The standard InChI is InChI=1S/C9H9NO2.H2O/c1-2-10-6-7-4-3-5-8(11)9(7)12-10;/h3-6H,2H2,1H3;1H2. The van der Waals surface area contributed by atoms with Gasteiger partial charge in [-0.1, -0.05) is 6.07 Å². The molecule has 0 atom stereocenters. The van der Waals surface area contributed by atoms with Crippen molar-refractivity contribution in [2.24, 2.45) is 0 Å². The third kappa shape index (κ3) is 1.48. The van der Waals surface area contributed by atoms with Crippen molar-refractivity contribution in [1.29, 1.82) is 0 Å². The summed E-state index contributed by atoms with van der Waals surface area (Å²) in [7, 11) is 0. The molecular weight excluding hydrogens is 170 g/mol. The van der Waals surface area contributed by atoms with Crippen LogP contribution in [0.25, 0.3) is 11.0 Å². The highest BCUT2D eigenvalue weighted by Gasteiger charge is 2.11. The lowest BCUT2D eigenvalue weighted by molar-refractivity contribution is -0.857. The smallest absolute Gasteiger partial charge is 0.258 e. The Morgan fingerprint density at radius 2 is 2.23 bits per heavy atom. The molecule has 0 fully saturated rings. The summed E-state index contributed by atoms with van der Waals surface area (Å²) in [6.07, 6.45) is 1.87. The molecule has 0 unspecified atom stereocenters. The Morgan fingerprint density at radius 1 is 1.46 bits per heavy atom. The van der Waals surface area contributed by atoms with E-state index >= 15 is 0 Å². The third-order valence-electron chi connectivity index (χ3n) is 1.83. The Balaban J connectivity index is 0.000000845. The maximum absolute atomic E-state index is 9.37. The number of nitrogens with zero attached hydrogens (tertiary/aromatic N) is 1. The van der Waals surface area contributed by atoms with Gasteiger partial charge in [0.25, 0.3) is 5.58 Å². The van der Waals surface area contributed by atoms with Crippen LogP contribution in [0.1, 0.15) is 6.92 Å². The maximum atomic E-state index is 9.37. The van der Waals surface area contributed by atoms with Crippen molar-refractivity contribution in [3.05, 3.63) is 24.4 Å². The van der Waals surface area contributed by atoms with Crippen LogP contribution in [-0.2, 0) is 6.54 Å². The molecule has 0 bridgehead atoms. The highest BCUT2D eigenvalue weighted by atomic mass is 16.5. The van der Waals surface area contributed by atoms with Crippen molar-refractivity contribution in [2.45, 2.75) is 13.5 Å². The molecule has 0 aliphatic heterocycles. The molecule has 0 spiro atoms. The van der Waals surface area contributed by atoms with E-state index in [4.69, 9.17) is 4.52 Å². The van der Waals surface area contributed by atoms with Gasteiger partial charge in [0.1, 0.15) is 0 Å². The van der Waals surface area contributed by atoms with Crippen LogP contribution in [0.3, 0.4) is 0 Å². The van der Waals surface area contributed by atoms with Crippen molar-refractivity contribution in [3.63, 3.8) is 0 Å². The summed E-state index contributed by atoms with van der Waals surface area (Å²) in [5, 5.41) is 10.3. The number of para-hydroxylation sites is 1. The van der Waals surface area contributed by atoms with E-state index in [1.165, 1.54) is 0 Å². The topological polar surface area (TPSA) is 67.2 Å². The summed E-state index contributed by atoms with van der Waals surface area (Å²) in [6, 6.07) is 5.32. The van der Waals surface area contributed by atoms with Gasteiger partial charge in [0.05, 0.1) is 5.39 Å². The summed E-state index contributed by atoms with van der Waals surface area (Å²) in [4.78, 5) is 0. The molecule has 1 aromatic carbocycles. The Kier molecular flexibility index (Phi) is 2.53. The second-order valence-corrected chi connectivity index (χ2v) is 2.65. The Labute approximate surface area is 75.3 Å². The lowest BCUT2D eigenvalue weighted by atomic mass is 10.2. The first-order chi connectivity index (χ1) is 5.81. The Hall–Kier alpha value is -1.55. The van der Waals surface area contributed by atoms with Crippen LogP contribution >= 0.6 is 0 Å². The van der Waals surface area contributed by atoms with Crippen molar-refractivity contribution in [2.75, 3.05) is 0 Å². The average molecular weight is 181 g/mol. The molecule has 0 saturated carbocycles. The van der Waals surface area contributed by atoms with E-state index in [0.29, 0.717) is 5.58 Å². The number of aromatic hydroxyl groups is 1. The summed E-state index contributed by atoms with van der Waals surface area (Å²) in [5.74, 6) is 0.194. The third-order valence-corrected chi connectivity index (χ3v) is 1.83. The molecule has 0 saturated heterocycles. The van der Waals surface area contributed by atoms with Gasteiger partial charge in [0.15, 0.2) is 12.3 Å². The molecule has 1 aromatic heterocycles. The van der Waals surface area contributed by atoms with E-state index in [-0.39, 0.29) is 11.2 Å². The fourth-order valence-corrected chi connectivity index (χ4v) is 1.20. The van der Waals surface area contributed by atoms with E-state index in [9.17, 15) is 5.11 Å². The number of phenols is 1. The second-order valence-electron chi connectivity index (χ2n) is 2.65. The first-order valence-electron chi connectivity index (χ1n) is 3.92. The lowest BCUT2D eigenvalue weighted by Gasteiger charge is -1.85. The fraction of sp³-hybridized carbons (Fsp3) is 0.222. The summed E-state index contributed by atoms with van der Waals surface area (Å²) < 4.78 is 7.00. The minimum absolute atomic E-state index is 0. The summed E-state index contributed by atoms with van der Waals surface area (Å²) in [6.45, 7) is 2.76. The highest BCUT2D eigenvalue weighted by Crippen LogP contribution is 2.22. The van der Waals surface area contributed by atoms with Crippen LogP contribution in [0.5, 0.6) is 5.75 Å². The Bertz CT molecular complexity index is 408. The zero-order chi connectivity index (χ0) is 8.55. The zero-order valence-electron chi connectivity index (χ0n) is 7.27. The number of fused-ring (bicyclic) bond motifs is 1. The molecule has 70 valence electrons. The molecule has 0 amide bonds. The molecule has 2 N–H and O–H groups in total. The molecule has 2 aromatic rings.